The zero-order valence-electron chi connectivity index (χ0n) is 18.6. The van der Waals surface area contributed by atoms with Gasteiger partial charge in [-0.2, -0.15) is 0 Å². The normalized spacial score (nSPS) is 28.8. The number of aliphatic hydroxyl groups excluding tert-OH is 2. The SMILES string of the molecule is CC(C)CC(=O)O[C@@H]1OC=C(CO)[C@H]2C[C@H](OC(=O)/C=C\c3ccc(O)cc3)[C@](O)(CO)[C@@H]12. The number of carbonyl (C=O) groups excluding carboxylic acids is 2. The molecule has 9 heteroatoms. The maximum Gasteiger partial charge on any atom is 0.331 e. The van der Waals surface area contributed by atoms with Crippen LogP contribution >= 0.6 is 0 Å². The first-order chi connectivity index (χ1) is 15.7. The Balaban J connectivity index is 1.78. The fourth-order valence-electron chi connectivity index (χ4n) is 4.33. The Labute approximate surface area is 191 Å². The summed E-state index contributed by atoms with van der Waals surface area (Å²) in [7, 11) is 0. The first-order valence-corrected chi connectivity index (χ1v) is 10.8. The number of rotatable bonds is 8. The summed E-state index contributed by atoms with van der Waals surface area (Å²) < 4.78 is 16.4. The Bertz CT molecular complexity index is 905. The minimum atomic E-state index is -1.95. The molecule has 1 saturated carbocycles. The molecule has 1 aliphatic carbocycles. The number of ether oxygens (including phenoxy) is 3. The van der Waals surface area contributed by atoms with Gasteiger partial charge in [0.25, 0.3) is 0 Å². The summed E-state index contributed by atoms with van der Waals surface area (Å²) in [5, 5.41) is 40.5. The molecule has 0 bridgehead atoms. The van der Waals surface area contributed by atoms with Gasteiger partial charge in [-0.05, 0) is 41.7 Å². The maximum absolute atomic E-state index is 12.4. The van der Waals surface area contributed by atoms with Crippen LogP contribution in [0, 0.1) is 17.8 Å². The van der Waals surface area contributed by atoms with Crippen LogP contribution in [0.15, 0.2) is 42.2 Å². The van der Waals surface area contributed by atoms with Crippen LogP contribution in [0.4, 0.5) is 0 Å². The lowest BCUT2D eigenvalue weighted by atomic mass is 9.80. The number of phenols is 1. The lowest BCUT2D eigenvalue weighted by Gasteiger charge is -2.39. The van der Waals surface area contributed by atoms with Crippen LogP contribution in [-0.4, -0.2) is 63.6 Å². The molecule has 4 N–H and O–H groups in total. The highest BCUT2D eigenvalue weighted by Crippen LogP contribution is 2.50. The first-order valence-electron chi connectivity index (χ1n) is 10.8. The summed E-state index contributed by atoms with van der Waals surface area (Å²) in [6.07, 6.45) is 1.87. The average molecular weight is 462 g/mol. The third-order valence-electron chi connectivity index (χ3n) is 5.98. The number of benzene rings is 1. The molecule has 1 aliphatic heterocycles. The summed E-state index contributed by atoms with van der Waals surface area (Å²) in [5.41, 5.74) is -0.857. The topological polar surface area (TPSA) is 143 Å². The van der Waals surface area contributed by atoms with Gasteiger partial charge in [0, 0.05) is 18.4 Å². The van der Waals surface area contributed by atoms with Crippen LogP contribution in [0.2, 0.25) is 0 Å². The van der Waals surface area contributed by atoms with Gasteiger partial charge in [-0.25, -0.2) is 4.79 Å². The summed E-state index contributed by atoms with van der Waals surface area (Å²) in [6, 6.07) is 6.17. The van der Waals surface area contributed by atoms with Gasteiger partial charge in [-0.15, -0.1) is 0 Å². The van der Waals surface area contributed by atoms with Gasteiger partial charge in [-0.3, -0.25) is 4.79 Å². The molecular formula is C24H30O9. The minimum absolute atomic E-state index is 0.0507. The molecule has 0 radical (unpaired) electrons. The van der Waals surface area contributed by atoms with E-state index < -0.39 is 48.4 Å². The largest absolute Gasteiger partial charge is 0.508 e. The zero-order valence-corrected chi connectivity index (χ0v) is 18.6. The fourth-order valence-corrected chi connectivity index (χ4v) is 4.33. The van der Waals surface area contributed by atoms with Crippen LogP contribution in [0.25, 0.3) is 6.08 Å². The van der Waals surface area contributed by atoms with E-state index in [0.29, 0.717) is 11.1 Å². The monoisotopic (exact) mass is 462 g/mol. The Morgan fingerprint density at radius 3 is 2.52 bits per heavy atom. The highest BCUT2D eigenvalue weighted by Gasteiger charge is 2.62. The Morgan fingerprint density at radius 1 is 1.21 bits per heavy atom. The average Bonchev–Trinajstić information content (AvgIpc) is 3.06. The van der Waals surface area contributed by atoms with Gasteiger partial charge in [-0.1, -0.05) is 26.0 Å². The van der Waals surface area contributed by atoms with Crippen molar-refractivity contribution in [2.45, 2.75) is 44.7 Å². The molecule has 0 saturated heterocycles. The first kappa shape index (κ1) is 24.8. The van der Waals surface area contributed by atoms with Crippen molar-refractivity contribution in [3.8, 4) is 5.75 Å². The molecule has 1 fully saturated rings. The van der Waals surface area contributed by atoms with E-state index in [-0.39, 0.29) is 31.1 Å². The summed E-state index contributed by atoms with van der Waals surface area (Å²) in [6.45, 7) is 2.58. The van der Waals surface area contributed by atoms with Crippen LogP contribution in [0.1, 0.15) is 32.3 Å². The molecule has 0 unspecified atom stereocenters. The molecular weight excluding hydrogens is 432 g/mol. The molecule has 1 heterocycles. The highest BCUT2D eigenvalue weighted by atomic mass is 16.7. The molecule has 0 spiro atoms. The van der Waals surface area contributed by atoms with Crippen molar-refractivity contribution >= 4 is 18.0 Å². The van der Waals surface area contributed by atoms with Crippen LogP contribution in [0.3, 0.4) is 0 Å². The standard InChI is InChI=1S/C24H30O9/c1-14(2)9-21(29)33-23-22-18(16(11-25)12-31-23)10-19(24(22,30)13-26)32-20(28)8-5-15-3-6-17(27)7-4-15/h3-8,12,14,18-19,22-23,25-27,30H,9-11,13H2,1-2H3/b8-5-/t18-,19+,22-,23+,24-/m1/s1. The molecule has 2 aliphatic rings. The number of aliphatic hydroxyl groups is 3. The number of aromatic hydroxyl groups is 1. The molecule has 0 aromatic heterocycles. The van der Waals surface area contributed by atoms with Crippen LogP contribution in [-0.2, 0) is 23.8 Å². The van der Waals surface area contributed by atoms with Crippen molar-refractivity contribution in [3.63, 3.8) is 0 Å². The van der Waals surface area contributed by atoms with Crippen LogP contribution < -0.4 is 0 Å². The third-order valence-corrected chi connectivity index (χ3v) is 5.98. The van der Waals surface area contributed by atoms with E-state index in [1.807, 2.05) is 13.8 Å². The predicted octanol–water partition coefficient (Wildman–Crippen LogP) is 1.50. The predicted molar refractivity (Wildman–Crippen MR) is 116 cm³/mol. The van der Waals surface area contributed by atoms with Crippen molar-refractivity contribution in [1.82, 2.24) is 0 Å². The minimum Gasteiger partial charge on any atom is -0.508 e. The molecule has 180 valence electrons. The van der Waals surface area contributed by atoms with E-state index in [0.717, 1.165) is 0 Å². The van der Waals surface area contributed by atoms with Crippen molar-refractivity contribution in [1.29, 1.82) is 0 Å². The molecule has 33 heavy (non-hydrogen) atoms. The number of hydrogen-bond acceptors (Lipinski definition) is 9. The number of phenolic OH excluding ortho intramolecular Hbond substituents is 1. The van der Waals surface area contributed by atoms with Crippen molar-refractivity contribution in [3.05, 3.63) is 47.7 Å². The molecule has 5 atom stereocenters. The van der Waals surface area contributed by atoms with Crippen LogP contribution in [0.5, 0.6) is 5.75 Å². The maximum atomic E-state index is 12.4. The number of hydrogen-bond donors (Lipinski definition) is 4. The van der Waals surface area contributed by atoms with E-state index in [9.17, 15) is 30.0 Å². The van der Waals surface area contributed by atoms with Crippen molar-refractivity contribution in [2.75, 3.05) is 13.2 Å². The van der Waals surface area contributed by atoms with E-state index in [4.69, 9.17) is 14.2 Å². The quantitative estimate of drug-likeness (QED) is 0.334. The van der Waals surface area contributed by atoms with Crippen molar-refractivity contribution in [2.24, 2.45) is 17.8 Å². The fraction of sp³-hybridized carbons (Fsp3) is 0.500. The second-order valence-electron chi connectivity index (χ2n) is 8.81. The molecule has 0 amide bonds. The van der Waals surface area contributed by atoms with E-state index in [1.54, 1.807) is 12.1 Å². The van der Waals surface area contributed by atoms with Gasteiger partial charge >= 0.3 is 11.9 Å². The van der Waals surface area contributed by atoms with E-state index in [2.05, 4.69) is 0 Å². The molecule has 9 nitrogen and oxygen atoms in total. The lowest BCUT2D eigenvalue weighted by molar-refractivity contribution is -0.221. The summed E-state index contributed by atoms with van der Waals surface area (Å²) >= 11 is 0. The zero-order chi connectivity index (χ0) is 24.2. The lowest BCUT2D eigenvalue weighted by Crippen LogP contribution is -2.54. The summed E-state index contributed by atoms with van der Waals surface area (Å²) in [5.74, 6) is -2.60. The number of fused-ring (bicyclic) bond motifs is 1. The Hall–Kier alpha value is -2.88. The van der Waals surface area contributed by atoms with Crippen molar-refractivity contribution < 1.29 is 44.2 Å². The Kier molecular flexibility index (Phi) is 7.78. The Morgan fingerprint density at radius 2 is 1.91 bits per heavy atom. The second kappa shape index (κ2) is 10.4. The third kappa shape index (κ3) is 5.55. The van der Waals surface area contributed by atoms with Gasteiger partial charge < -0.3 is 34.6 Å². The summed E-state index contributed by atoms with van der Waals surface area (Å²) in [4.78, 5) is 24.7. The van der Waals surface area contributed by atoms with Gasteiger partial charge in [0.2, 0.25) is 6.29 Å². The van der Waals surface area contributed by atoms with E-state index >= 15 is 0 Å². The van der Waals surface area contributed by atoms with Gasteiger partial charge in [0.05, 0.1) is 25.4 Å². The van der Waals surface area contributed by atoms with E-state index in [1.165, 1.54) is 30.5 Å². The number of esters is 2. The second-order valence-corrected chi connectivity index (χ2v) is 8.81. The highest BCUT2D eigenvalue weighted by molar-refractivity contribution is 5.87. The molecule has 1 aromatic carbocycles. The molecule has 1 aromatic rings. The smallest absolute Gasteiger partial charge is 0.331 e. The van der Waals surface area contributed by atoms with Gasteiger partial charge in [0.15, 0.2) is 0 Å². The number of carbonyl (C=O) groups is 2. The molecule has 3 rings (SSSR count). The van der Waals surface area contributed by atoms with Gasteiger partial charge in [0.1, 0.15) is 17.5 Å².